The number of rotatable bonds is 2. The number of piperazine rings is 1. The Morgan fingerprint density at radius 1 is 1.14 bits per heavy atom. The van der Waals surface area contributed by atoms with Crippen molar-refractivity contribution in [2.45, 2.75) is 18.8 Å². The topological polar surface area (TPSA) is 85.4 Å². The van der Waals surface area contributed by atoms with E-state index in [1.165, 1.54) is 0 Å². The Labute approximate surface area is 123 Å². The van der Waals surface area contributed by atoms with Crippen LogP contribution in [0.4, 0.5) is 4.79 Å². The van der Waals surface area contributed by atoms with E-state index in [2.05, 4.69) is 15.2 Å². The van der Waals surface area contributed by atoms with Crippen LogP contribution in [0.5, 0.6) is 0 Å². The van der Waals surface area contributed by atoms with Crippen molar-refractivity contribution >= 4 is 11.9 Å². The van der Waals surface area contributed by atoms with Crippen molar-refractivity contribution in [2.24, 2.45) is 0 Å². The molecule has 1 saturated carbocycles. The van der Waals surface area contributed by atoms with E-state index in [1.807, 2.05) is 0 Å². The monoisotopic (exact) mass is 292 g/mol. The van der Waals surface area contributed by atoms with Gasteiger partial charge in [-0.1, -0.05) is 0 Å². The van der Waals surface area contributed by atoms with Crippen LogP contribution in [0, 0.1) is 0 Å². The zero-order chi connectivity index (χ0) is 15.0. The fraction of sp³-hybridized carbons (Fsp3) is 0.692. The maximum absolute atomic E-state index is 12.3. The second-order valence-electron chi connectivity index (χ2n) is 5.77. The highest BCUT2D eigenvalue weighted by Gasteiger charge is 2.31. The van der Waals surface area contributed by atoms with Crippen LogP contribution in [0.3, 0.4) is 0 Å². The summed E-state index contributed by atoms with van der Waals surface area (Å²) in [5.74, 6) is 1.35. The summed E-state index contributed by atoms with van der Waals surface area (Å²) in [5.41, 5.74) is 0. The van der Waals surface area contributed by atoms with E-state index in [9.17, 15) is 9.59 Å². The van der Waals surface area contributed by atoms with Gasteiger partial charge in [-0.3, -0.25) is 9.89 Å². The molecule has 1 aliphatic carbocycles. The van der Waals surface area contributed by atoms with Gasteiger partial charge in [0.15, 0.2) is 0 Å². The average molecular weight is 292 g/mol. The van der Waals surface area contributed by atoms with Crippen LogP contribution >= 0.6 is 0 Å². The Kier molecular flexibility index (Phi) is 3.52. The summed E-state index contributed by atoms with van der Waals surface area (Å²) < 4.78 is 0. The maximum Gasteiger partial charge on any atom is 0.319 e. The number of aromatic amines is 1. The van der Waals surface area contributed by atoms with E-state index in [0.717, 1.165) is 18.7 Å². The van der Waals surface area contributed by atoms with Crippen LogP contribution in [-0.2, 0) is 0 Å². The van der Waals surface area contributed by atoms with Crippen LogP contribution in [0.15, 0.2) is 0 Å². The molecular formula is C13H20N6O2. The smallest absolute Gasteiger partial charge is 0.319 e. The van der Waals surface area contributed by atoms with Crippen molar-refractivity contribution in [3.63, 3.8) is 0 Å². The number of nitrogens with zero attached hydrogens (tertiary/aromatic N) is 5. The number of carbonyl (C=O) groups is 2. The van der Waals surface area contributed by atoms with Gasteiger partial charge in [0.05, 0.1) is 0 Å². The normalized spacial score (nSPS) is 18.8. The third kappa shape index (κ3) is 2.84. The van der Waals surface area contributed by atoms with E-state index < -0.39 is 0 Å². The third-order valence-electron chi connectivity index (χ3n) is 3.88. The molecule has 8 nitrogen and oxygen atoms in total. The molecule has 0 radical (unpaired) electrons. The molecule has 0 aromatic carbocycles. The fourth-order valence-corrected chi connectivity index (χ4v) is 2.43. The highest BCUT2D eigenvalue weighted by atomic mass is 16.2. The van der Waals surface area contributed by atoms with Crippen LogP contribution in [0.25, 0.3) is 0 Å². The van der Waals surface area contributed by atoms with Crippen LogP contribution in [-0.4, -0.2) is 82.1 Å². The Hall–Kier alpha value is -2.12. The zero-order valence-corrected chi connectivity index (χ0v) is 12.4. The Balaban J connectivity index is 1.58. The molecule has 1 aromatic heterocycles. The minimum atomic E-state index is -0.157. The molecule has 8 heteroatoms. The van der Waals surface area contributed by atoms with Crippen molar-refractivity contribution in [3.8, 4) is 0 Å². The summed E-state index contributed by atoms with van der Waals surface area (Å²) in [5, 5.41) is 6.87. The number of aromatic nitrogens is 3. The fourth-order valence-electron chi connectivity index (χ4n) is 2.43. The molecule has 2 heterocycles. The number of hydrogen-bond acceptors (Lipinski definition) is 4. The highest BCUT2D eigenvalue weighted by molar-refractivity contribution is 5.90. The van der Waals surface area contributed by atoms with Crippen molar-refractivity contribution in [1.29, 1.82) is 0 Å². The van der Waals surface area contributed by atoms with E-state index in [-0.39, 0.29) is 17.8 Å². The van der Waals surface area contributed by atoms with E-state index in [4.69, 9.17) is 0 Å². The lowest BCUT2D eigenvalue weighted by Gasteiger charge is -2.35. The summed E-state index contributed by atoms with van der Waals surface area (Å²) in [6, 6.07) is -0.0176. The molecule has 3 amide bonds. The predicted octanol–water partition coefficient (Wildman–Crippen LogP) is 0.122. The average Bonchev–Trinajstić information content (AvgIpc) is 3.23. The van der Waals surface area contributed by atoms with Gasteiger partial charge in [-0.25, -0.2) is 9.78 Å². The lowest BCUT2D eigenvalue weighted by molar-refractivity contribution is 0.0639. The Morgan fingerprint density at radius 3 is 2.33 bits per heavy atom. The van der Waals surface area contributed by atoms with Gasteiger partial charge in [-0.05, 0) is 12.8 Å². The first kappa shape index (κ1) is 13.8. The molecule has 114 valence electrons. The van der Waals surface area contributed by atoms with Crippen LogP contribution in [0.2, 0.25) is 0 Å². The van der Waals surface area contributed by atoms with Gasteiger partial charge >= 0.3 is 6.03 Å². The lowest BCUT2D eigenvalue weighted by atomic mass is 10.3. The summed E-state index contributed by atoms with van der Waals surface area (Å²) in [7, 11) is 3.46. The predicted molar refractivity (Wildman–Crippen MR) is 74.9 cm³/mol. The summed E-state index contributed by atoms with van der Waals surface area (Å²) in [4.78, 5) is 33.5. The largest absolute Gasteiger partial charge is 0.332 e. The summed E-state index contributed by atoms with van der Waals surface area (Å²) in [6.45, 7) is 2.13. The van der Waals surface area contributed by atoms with E-state index in [1.54, 1.807) is 28.8 Å². The molecule has 2 fully saturated rings. The molecule has 3 rings (SSSR count). The molecule has 1 aromatic rings. The minimum Gasteiger partial charge on any atom is -0.332 e. The van der Waals surface area contributed by atoms with Gasteiger partial charge < -0.3 is 14.7 Å². The molecular weight excluding hydrogens is 272 g/mol. The Bertz CT molecular complexity index is 543. The number of H-pyrrole nitrogens is 1. The lowest BCUT2D eigenvalue weighted by Crippen LogP contribution is -2.53. The standard InChI is InChI=1S/C13H20N6O2/c1-17(2)13(21)19-7-5-18(6-8-19)12(20)11-14-10(15-16-11)9-3-4-9/h9H,3-8H2,1-2H3,(H,14,15,16). The second kappa shape index (κ2) is 5.34. The second-order valence-corrected chi connectivity index (χ2v) is 5.77. The van der Waals surface area contributed by atoms with Gasteiger partial charge in [0.1, 0.15) is 5.82 Å². The zero-order valence-electron chi connectivity index (χ0n) is 12.4. The molecule has 1 saturated heterocycles. The molecule has 2 aliphatic rings. The third-order valence-corrected chi connectivity index (χ3v) is 3.88. The highest BCUT2D eigenvalue weighted by Crippen LogP contribution is 2.37. The molecule has 0 atom stereocenters. The number of hydrogen-bond donors (Lipinski definition) is 1. The van der Waals surface area contributed by atoms with Crippen molar-refractivity contribution in [2.75, 3.05) is 40.3 Å². The van der Waals surface area contributed by atoms with Gasteiger partial charge in [-0.2, -0.15) is 0 Å². The molecule has 0 spiro atoms. The van der Waals surface area contributed by atoms with Crippen LogP contribution in [0.1, 0.15) is 35.2 Å². The number of urea groups is 1. The quantitative estimate of drug-likeness (QED) is 0.839. The van der Waals surface area contributed by atoms with Gasteiger partial charge in [-0.15, -0.1) is 5.10 Å². The number of amides is 3. The Morgan fingerprint density at radius 2 is 1.76 bits per heavy atom. The van der Waals surface area contributed by atoms with Crippen molar-refractivity contribution in [3.05, 3.63) is 11.6 Å². The summed E-state index contributed by atoms with van der Waals surface area (Å²) in [6.07, 6.45) is 2.24. The molecule has 0 bridgehead atoms. The molecule has 1 N–H and O–H groups in total. The van der Waals surface area contributed by atoms with Gasteiger partial charge in [0.25, 0.3) is 5.91 Å². The molecule has 1 aliphatic heterocycles. The first-order chi connectivity index (χ1) is 10.1. The van der Waals surface area contributed by atoms with Crippen molar-refractivity contribution < 1.29 is 9.59 Å². The number of carbonyl (C=O) groups excluding carboxylic acids is 2. The van der Waals surface area contributed by atoms with Gasteiger partial charge in [0, 0.05) is 46.2 Å². The first-order valence-electron chi connectivity index (χ1n) is 7.24. The van der Waals surface area contributed by atoms with E-state index in [0.29, 0.717) is 32.1 Å². The first-order valence-corrected chi connectivity index (χ1v) is 7.24. The maximum atomic E-state index is 12.3. The molecule has 21 heavy (non-hydrogen) atoms. The van der Waals surface area contributed by atoms with Crippen LogP contribution < -0.4 is 0 Å². The van der Waals surface area contributed by atoms with Gasteiger partial charge in [0.2, 0.25) is 5.82 Å². The van der Waals surface area contributed by atoms with E-state index >= 15 is 0 Å². The minimum absolute atomic E-state index is 0.0176. The molecule has 0 unspecified atom stereocenters. The summed E-state index contributed by atoms with van der Waals surface area (Å²) >= 11 is 0. The SMILES string of the molecule is CN(C)C(=O)N1CCN(C(=O)c2n[nH]c(C3CC3)n2)CC1. The number of nitrogens with one attached hydrogen (secondary N) is 1. The van der Waals surface area contributed by atoms with Crippen molar-refractivity contribution in [1.82, 2.24) is 29.9 Å².